The topological polar surface area (TPSA) is 70.3 Å². The maximum Gasteiger partial charge on any atom is 0.0767 e. The highest BCUT2D eigenvalue weighted by molar-refractivity contribution is 9.10. The molecule has 0 atom stereocenters. The predicted molar refractivity (Wildman–Crippen MR) is 65.1 cm³/mol. The van der Waals surface area contributed by atoms with Crippen LogP contribution < -0.4 is 5.32 Å². The Balaban J connectivity index is 2.69. The molecule has 0 aliphatic heterocycles. The third-order valence-corrected chi connectivity index (χ3v) is 3.42. The summed E-state index contributed by atoms with van der Waals surface area (Å²) in [6.45, 7) is 2.46. The van der Waals surface area contributed by atoms with Gasteiger partial charge in [0.1, 0.15) is 0 Å². The van der Waals surface area contributed by atoms with Crippen LogP contribution in [-0.2, 0) is 20.0 Å². The molecular weight excluding hydrogens is 274 g/mol. The van der Waals surface area contributed by atoms with Crippen molar-refractivity contribution in [3.8, 4) is 0 Å². The first-order chi connectivity index (χ1) is 7.63. The maximum atomic E-state index is 8.94. The number of nitrogens with zero attached hydrogens (tertiary/aromatic N) is 2. The van der Waals surface area contributed by atoms with Crippen LogP contribution in [0, 0.1) is 0 Å². The van der Waals surface area contributed by atoms with Gasteiger partial charge in [-0.05, 0) is 22.4 Å². The molecule has 0 unspecified atom stereocenters. The van der Waals surface area contributed by atoms with E-state index in [1.165, 1.54) is 0 Å². The molecule has 1 aromatic rings. The van der Waals surface area contributed by atoms with Crippen LogP contribution in [0.2, 0.25) is 0 Å². The van der Waals surface area contributed by atoms with E-state index in [2.05, 4.69) is 33.3 Å². The molecular formula is C10H18BrN3O2. The lowest BCUT2D eigenvalue weighted by atomic mass is 10.3. The third kappa shape index (κ3) is 3.04. The van der Waals surface area contributed by atoms with Gasteiger partial charge in [-0.3, -0.25) is 4.68 Å². The maximum absolute atomic E-state index is 8.94. The van der Waals surface area contributed by atoms with Crippen LogP contribution in [0.15, 0.2) is 4.47 Å². The summed E-state index contributed by atoms with van der Waals surface area (Å²) < 4.78 is 2.81. The molecule has 1 aromatic heterocycles. The highest BCUT2D eigenvalue weighted by Gasteiger charge is 2.13. The van der Waals surface area contributed by atoms with Crippen molar-refractivity contribution in [2.45, 2.75) is 25.9 Å². The number of aliphatic hydroxyl groups excluding tert-OH is 2. The molecule has 0 aromatic carbocycles. The molecule has 92 valence electrons. The molecule has 1 heterocycles. The van der Waals surface area contributed by atoms with E-state index in [-0.39, 0.29) is 19.3 Å². The van der Waals surface area contributed by atoms with Crippen LogP contribution in [0.1, 0.15) is 18.3 Å². The summed E-state index contributed by atoms with van der Waals surface area (Å²) >= 11 is 3.51. The summed E-state index contributed by atoms with van der Waals surface area (Å²) in [5, 5.41) is 25.3. The number of aliphatic hydroxyl groups is 2. The van der Waals surface area contributed by atoms with Gasteiger partial charge >= 0.3 is 0 Å². The van der Waals surface area contributed by atoms with Crippen molar-refractivity contribution in [2.24, 2.45) is 7.05 Å². The minimum atomic E-state index is -0.285. The van der Waals surface area contributed by atoms with Gasteiger partial charge in [0.25, 0.3) is 0 Å². The van der Waals surface area contributed by atoms with Crippen LogP contribution in [0.3, 0.4) is 0 Å². The van der Waals surface area contributed by atoms with Crippen LogP contribution in [0.25, 0.3) is 0 Å². The fourth-order valence-electron chi connectivity index (χ4n) is 1.44. The fraction of sp³-hybridized carbons (Fsp3) is 0.700. The van der Waals surface area contributed by atoms with Gasteiger partial charge in [-0.25, -0.2) is 0 Å². The van der Waals surface area contributed by atoms with E-state index < -0.39 is 0 Å². The van der Waals surface area contributed by atoms with Crippen molar-refractivity contribution in [3.05, 3.63) is 15.9 Å². The van der Waals surface area contributed by atoms with Gasteiger partial charge in [-0.15, -0.1) is 0 Å². The Labute approximate surface area is 104 Å². The number of hydrogen-bond donors (Lipinski definition) is 3. The summed E-state index contributed by atoms with van der Waals surface area (Å²) in [4.78, 5) is 0. The second-order valence-electron chi connectivity index (χ2n) is 3.63. The molecule has 16 heavy (non-hydrogen) atoms. The standard InChI is InChI=1S/C10H18BrN3O2/c1-3-8-10(11)9(14(2)13-8)4-12-7(5-15)6-16/h7,12,15-16H,3-6H2,1-2H3. The van der Waals surface area contributed by atoms with E-state index in [9.17, 15) is 0 Å². The zero-order chi connectivity index (χ0) is 12.1. The van der Waals surface area contributed by atoms with Gasteiger partial charge in [0.2, 0.25) is 0 Å². The summed E-state index contributed by atoms with van der Waals surface area (Å²) in [5.74, 6) is 0. The normalized spacial score (nSPS) is 11.4. The van der Waals surface area contributed by atoms with E-state index >= 15 is 0 Å². The predicted octanol–water partition coefficient (Wildman–Crippen LogP) is 0.188. The van der Waals surface area contributed by atoms with Crippen molar-refractivity contribution < 1.29 is 10.2 Å². The molecule has 6 heteroatoms. The van der Waals surface area contributed by atoms with Gasteiger partial charge in [0.15, 0.2) is 0 Å². The molecule has 0 saturated carbocycles. The highest BCUT2D eigenvalue weighted by Crippen LogP contribution is 2.21. The minimum absolute atomic E-state index is 0.0768. The number of nitrogens with one attached hydrogen (secondary N) is 1. The van der Waals surface area contributed by atoms with Gasteiger partial charge < -0.3 is 15.5 Å². The smallest absolute Gasteiger partial charge is 0.0767 e. The van der Waals surface area contributed by atoms with Crippen molar-refractivity contribution >= 4 is 15.9 Å². The van der Waals surface area contributed by atoms with Gasteiger partial charge in [-0.2, -0.15) is 5.10 Å². The van der Waals surface area contributed by atoms with E-state index in [4.69, 9.17) is 10.2 Å². The molecule has 0 radical (unpaired) electrons. The van der Waals surface area contributed by atoms with Gasteiger partial charge in [-0.1, -0.05) is 6.92 Å². The fourth-order valence-corrected chi connectivity index (χ4v) is 2.20. The number of aromatic nitrogens is 2. The van der Waals surface area contributed by atoms with Crippen molar-refractivity contribution in [2.75, 3.05) is 13.2 Å². The lowest BCUT2D eigenvalue weighted by Crippen LogP contribution is -2.35. The minimum Gasteiger partial charge on any atom is -0.395 e. The number of aryl methyl sites for hydroxylation is 2. The zero-order valence-corrected chi connectivity index (χ0v) is 11.2. The molecule has 3 N–H and O–H groups in total. The van der Waals surface area contributed by atoms with Crippen LogP contribution >= 0.6 is 15.9 Å². The molecule has 0 fully saturated rings. The third-order valence-electron chi connectivity index (χ3n) is 2.50. The SMILES string of the molecule is CCc1nn(C)c(CNC(CO)CO)c1Br. The van der Waals surface area contributed by atoms with E-state index in [0.29, 0.717) is 6.54 Å². The lowest BCUT2D eigenvalue weighted by molar-refractivity contribution is 0.169. The van der Waals surface area contributed by atoms with Crippen LogP contribution in [0.4, 0.5) is 0 Å². The van der Waals surface area contributed by atoms with Crippen LogP contribution in [-0.4, -0.2) is 39.2 Å². The van der Waals surface area contributed by atoms with E-state index in [1.54, 1.807) is 0 Å². The lowest BCUT2D eigenvalue weighted by Gasteiger charge is -2.13. The summed E-state index contributed by atoms with van der Waals surface area (Å²) in [6, 6.07) is -0.285. The molecule has 0 amide bonds. The average Bonchev–Trinajstić information content (AvgIpc) is 2.56. The summed E-state index contributed by atoms with van der Waals surface area (Å²) in [5.41, 5.74) is 2.03. The summed E-state index contributed by atoms with van der Waals surface area (Å²) in [7, 11) is 1.88. The Bertz CT molecular complexity index is 337. The molecule has 0 aliphatic carbocycles. The quantitative estimate of drug-likeness (QED) is 0.700. The van der Waals surface area contributed by atoms with Crippen LogP contribution in [0.5, 0.6) is 0 Å². The first-order valence-electron chi connectivity index (χ1n) is 5.29. The Morgan fingerprint density at radius 1 is 1.44 bits per heavy atom. The molecule has 0 aliphatic rings. The molecule has 5 nitrogen and oxygen atoms in total. The monoisotopic (exact) mass is 291 g/mol. The Hall–Kier alpha value is -0.430. The molecule has 0 saturated heterocycles. The first-order valence-corrected chi connectivity index (χ1v) is 6.08. The zero-order valence-electron chi connectivity index (χ0n) is 9.57. The van der Waals surface area contributed by atoms with E-state index in [1.807, 2.05) is 11.7 Å². The molecule has 0 bridgehead atoms. The average molecular weight is 292 g/mol. The number of halogens is 1. The molecule has 1 rings (SSSR count). The number of hydrogen-bond acceptors (Lipinski definition) is 4. The van der Waals surface area contributed by atoms with Crippen molar-refractivity contribution in [1.29, 1.82) is 0 Å². The second kappa shape index (κ2) is 6.34. The Morgan fingerprint density at radius 2 is 2.06 bits per heavy atom. The number of rotatable bonds is 6. The first kappa shape index (κ1) is 13.6. The molecule has 0 spiro atoms. The second-order valence-corrected chi connectivity index (χ2v) is 4.42. The van der Waals surface area contributed by atoms with E-state index in [0.717, 1.165) is 22.3 Å². The van der Waals surface area contributed by atoms with Gasteiger partial charge in [0.05, 0.1) is 35.1 Å². The largest absolute Gasteiger partial charge is 0.395 e. The Morgan fingerprint density at radius 3 is 2.50 bits per heavy atom. The van der Waals surface area contributed by atoms with Crippen molar-refractivity contribution in [1.82, 2.24) is 15.1 Å². The highest BCUT2D eigenvalue weighted by atomic mass is 79.9. The Kier molecular flexibility index (Phi) is 5.40. The van der Waals surface area contributed by atoms with Crippen molar-refractivity contribution in [3.63, 3.8) is 0 Å². The summed E-state index contributed by atoms with van der Waals surface area (Å²) in [6.07, 6.45) is 0.873. The van der Waals surface area contributed by atoms with Gasteiger partial charge in [0, 0.05) is 13.6 Å².